The monoisotopic (exact) mass is 457 g/mol. The maximum absolute atomic E-state index is 13.8. The first-order valence-corrected chi connectivity index (χ1v) is 10.2. The number of aliphatic hydroxyl groups excluding tert-OH is 3. The number of rotatable bonds is 6. The van der Waals surface area contributed by atoms with E-state index in [-0.39, 0.29) is 30.4 Å². The van der Waals surface area contributed by atoms with Gasteiger partial charge in [0, 0.05) is 19.7 Å². The predicted molar refractivity (Wildman–Crippen MR) is 119 cm³/mol. The number of halogens is 2. The van der Waals surface area contributed by atoms with Gasteiger partial charge in [0.2, 0.25) is 0 Å². The molecule has 0 spiro atoms. The van der Waals surface area contributed by atoms with E-state index in [9.17, 15) is 13.6 Å². The van der Waals surface area contributed by atoms with Gasteiger partial charge < -0.3 is 20.6 Å². The van der Waals surface area contributed by atoms with Gasteiger partial charge in [-0.05, 0) is 56.2 Å². The average Bonchev–Trinajstić information content (AvgIpc) is 3.47. The van der Waals surface area contributed by atoms with Gasteiger partial charge in [0.05, 0.1) is 18.4 Å². The van der Waals surface area contributed by atoms with Gasteiger partial charge in [-0.25, -0.2) is 8.78 Å². The molecule has 2 aromatic rings. The Bertz CT molecular complexity index is 933. The fraction of sp³-hybridized carbons (Fsp3) is 0.500. The van der Waals surface area contributed by atoms with Crippen molar-refractivity contribution in [2.75, 3.05) is 24.0 Å². The van der Waals surface area contributed by atoms with E-state index < -0.39 is 23.3 Å². The maximum Gasteiger partial charge on any atom is 0.287 e. The molecule has 1 saturated carbocycles. The molecular formula is C22H33F2N3O5. The lowest BCUT2D eigenvalue weighted by atomic mass is 10.0. The molecule has 6 N–H and O–H groups in total. The number of aryl methyl sites for hydroxylation is 1. The number of hydrogen-bond donors (Lipinski definition) is 6. The molecule has 1 aliphatic carbocycles. The molecule has 0 bridgehead atoms. The van der Waals surface area contributed by atoms with Crippen LogP contribution in [0.3, 0.4) is 0 Å². The van der Waals surface area contributed by atoms with Crippen LogP contribution in [-0.2, 0) is 7.05 Å². The predicted octanol–water partition coefficient (Wildman–Crippen LogP) is 3.05. The maximum atomic E-state index is 13.8. The van der Waals surface area contributed by atoms with Crippen molar-refractivity contribution in [2.45, 2.75) is 46.1 Å². The second kappa shape index (κ2) is 12.5. The van der Waals surface area contributed by atoms with Gasteiger partial charge in [-0.3, -0.25) is 20.0 Å². The lowest BCUT2D eigenvalue weighted by Gasteiger charge is -2.15. The van der Waals surface area contributed by atoms with Crippen molar-refractivity contribution in [1.82, 2.24) is 4.57 Å². The lowest BCUT2D eigenvalue weighted by molar-refractivity contribution is 0.0727. The lowest BCUT2D eigenvalue weighted by Crippen LogP contribution is -2.23. The number of nitrogens with one attached hydrogen (secondary N) is 2. The number of aromatic nitrogens is 1. The normalized spacial score (nSPS) is 14.3. The summed E-state index contributed by atoms with van der Waals surface area (Å²) < 4.78 is 28.0. The molecule has 1 aromatic heterocycles. The van der Waals surface area contributed by atoms with Crippen LogP contribution in [0.15, 0.2) is 29.1 Å². The summed E-state index contributed by atoms with van der Waals surface area (Å²) >= 11 is 0. The van der Waals surface area contributed by atoms with Gasteiger partial charge >= 0.3 is 0 Å². The topological polar surface area (TPSA) is 127 Å². The minimum atomic E-state index is -1.03. The molecule has 1 fully saturated rings. The van der Waals surface area contributed by atoms with Gasteiger partial charge in [0.15, 0.2) is 5.82 Å². The standard InChI is InChI=1S/C13H13F2N3O2.C7H14O2.C2H6O/c1-7-3-4-10(8(14)5-7)16-12-11(17-20)6-9(15)13(19)18(12)2;1-7(2-3-7)4-6(9)5-8;1-2-3/h3-6,16-17,20H,1-2H3;6,8-9H,2-5H2,1H3;3H,2H2,1H3. The number of nitrogens with zero attached hydrogens (tertiary/aromatic N) is 1. The van der Waals surface area contributed by atoms with E-state index in [4.69, 9.17) is 20.5 Å². The molecule has 0 saturated heterocycles. The zero-order valence-electron chi connectivity index (χ0n) is 18.8. The minimum Gasteiger partial charge on any atom is -0.397 e. The van der Waals surface area contributed by atoms with Crippen LogP contribution >= 0.6 is 0 Å². The highest BCUT2D eigenvalue weighted by atomic mass is 19.1. The molecule has 1 aromatic carbocycles. The Kier molecular flexibility index (Phi) is 10.7. The number of benzene rings is 1. The molecule has 1 heterocycles. The van der Waals surface area contributed by atoms with Crippen molar-refractivity contribution in [2.24, 2.45) is 12.5 Å². The van der Waals surface area contributed by atoms with Crippen molar-refractivity contribution in [3.8, 4) is 0 Å². The first kappa shape index (κ1) is 27.5. The summed E-state index contributed by atoms with van der Waals surface area (Å²) in [5.41, 5.74) is 2.01. The molecule has 3 rings (SSSR count). The van der Waals surface area contributed by atoms with E-state index in [1.165, 1.54) is 32.0 Å². The molecule has 1 atom stereocenters. The Morgan fingerprint density at radius 3 is 2.22 bits per heavy atom. The zero-order valence-corrected chi connectivity index (χ0v) is 18.8. The summed E-state index contributed by atoms with van der Waals surface area (Å²) in [6, 6.07) is 5.31. The highest BCUT2D eigenvalue weighted by Gasteiger charge is 2.38. The van der Waals surface area contributed by atoms with Crippen LogP contribution in [0.1, 0.15) is 38.7 Å². The fourth-order valence-corrected chi connectivity index (χ4v) is 2.84. The summed E-state index contributed by atoms with van der Waals surface area (Å²) in [4.78, 5) is 11.5. The largest absolute Gasteiger partial charge is 0.397 e. The Labute approximate surface area is 186 Å². The molecule has 1 unspecified atom stereocenters. The molecule has 32 heavy (non-hydrogen) atoms. The number of pyridine rings is 1. The fourth-order valence-electron chi connectivity index (χ4n) is 2.84. The number of hydrogen-bond acceptors (Lipinski definition) is 7. The van der Waals surface area contributed by atoms with E-state index in [1.54, 1.807) is 25.4 Å². The summed E-state index contributed by atoms with van der Waals surface area (Å²) in [5.74, 6) is -1.51. The van der Waals surface area contributed by atoms with Gasteiger partial charge in [-0.15, -0.1) is 0 Å². The summed E-state index contributed by atoms with van der Waals surface area (Å²) in [5, 5.41) is 36.7. The smallest absolute Gasteiger partial charge is 0.287 e. The molecular weight excluding hydrogens is 424 g/mol. The third-order valence-electron chi connectivity index (χ3n) is 4.91. The molecule has 0 radical (unpaired) electrons. The van der Waals surface area contributed by atoms with Crippen molar-refractivity contribution in [3.05, 3.63) is 51.8 Å². The summed E-state index contributed by atoms with van der Waals surface area (Å²) in [7, 11) is 1.31. The molecule has 1 aliphatic rings. The first-order valence-electron chi connectivity index (χ1n) is 10.2. The second-order valence-electron chi connectivity index (χ2n) is 8.01. The van der Waals surface area contributed by atoms with E-state index in [0.717, 1.165) is 22.6 Å². The van der Waals surface area contributed by atoms with Gasteiger partial charge in [0.1, 0.15) is 17.3 Å². The first-order chi connectivity index (χ1) is 15.0. The van der Waals surface area contributed by atoms with E-state index >= 15 is 0 Å². The van der Waals surface area contributed by atoms with Crippen LogP contribution in [0.25, 0.3) is 0 Å². The zero-order chi connectivity index (χ0) is 24.5. The summed E-state index contributed by atoms with van der Waals surface area (Å²) in [6.07, 6.45) is 2.70. The third-order valence-corrected chi connectivity index (χ3v) is 4.91. The van der Waals surface area contributed by atoms with E-state index in [1.807, 2.05) is 0 Å². The Balaban J connectivity index is 0.000000354. The summed E-state index contributed by atoms with van der Waals surface area (Å²) in [6.45, 7) is 5.72. The molecule has 180 valence electrons. The molecule has 10 heteroatoms. The highest BCUT2D eigenvalue weighted by molar-refractivity contribution is 5.70. The van der Waals surface area contributed by atoms with E-state index in [2.05, 4.69) is 12.2 Å². The van der Waals surface area contributed by atoms with Crippen LogP contribution in [0.5, 0.6) is 0 Å². The minimum absolute atomic E-state index is 0.0432. The van der Waals surface area contributed by atoms with Crippen LogP contribution < -0.4 is 16.4 Å². The average molecular weight is 458 g/mol. The second-order valence-corrected chi connectivity index (χ2v) is 8.01. The van der Waals surface area contributed by atoms with E-state index in [0.29, 0.717) is 5.41 Å². The molecule has 0 amide bonds. The van der Waals surface area contributed by atoms with Crippen LogP contribution in [-0.4, -0.2) is 44.4 Å². The van der Waals surface area contributed by atoms with Crippen LogP contribution in [0, 0.1) is 24.0 Å². The van der Waals surface area contributed by atoms with Crippen molar-refractivity contribution in [1.29, 1.82) is 0 Å². The van der Waals surface area contributed by atoms with Crippen LogP contribution in [0.2, 0.25) is 0 Å². The van der Waals surface area contributed by atoms with Gasteiger partial charge in [0.25, 0.3) is 5.56 Å². The number of anilines is 3. The van der Waals surface area contributed by atoms with Gasteiger partial charge in [-0.1, -0.05) is 13.0 Å². The Morgan fingerprint density at radius 2 is 1.75 bits per heavy atom. The van der Waals surface area contributed by atoms with Gasteiger partial charge in [-0.2, -0.15) is 0 Å². The Morgan fingerprint density at radius 1 is 1.16 bits per heavy atom. The van der Waals surface area contributed by atoms with Crippen molar-refractivity contribution in [3.63, 3.8) is 0 Å². The quantitative estimate of drug-likeness (QED) is 0.368. The highest BCUT2D eigenvalue weighted by Crippen LogP contribution is 2.48. The Hall–Kier alpha value is -2.53. The van der Waals surface area contributed by atoms with Crippen LogP contribution in [0.4, 0.5) is 26.0 Å². The molecule has 8 nitrogen and oxygen atoms in total. The third kappa shape index (κ3) is 8.19. The van der Waals surface area contributed by atoms with Crippen molar-refractivity contribution < 1.29 is 29.3 Å². The molecule has 0 aliphatic heterocycles. The SMILES string of the molecule is CC1(CC(O)CO)CC1.CCO.Cc1ccc(Nc2c(NO)cc(F)c(=O)n2C)c(F)c1. The number of aliphatic hydroxyl groups is 3. The van der Waals surface area contributed by atoms with Crippen molar-refractivity contribution >= 4 is 17.2 Å².